The number of hydrogen-bond acceptors (Lipinski definition) is 2. The van der Waals surface area contributed by atoms with Gasteiger partial charge in [0.15, 0.2) is 0 Å². The largest absolute Gasteiger partial charge is 0.338 e. The summed E-state index contributed by atoms with van der Waals surface area (Å²) in [4.78, 5) is 14.2. The summed E-state index contributed by atoms with van der Waals surface area (Å²) >= 11 is 0. The van der Waals surface area contributed by atoms with Crippen LogP contribution >= 0.6 is 0 Å². The van der Waals surface area contributed by atoms with Crippen molar-refractivity contribution >= 4 is 5.91 Å². The Balaban J connectivity index is 2.65. The van der Waals surface area contributed by atoms with E-state index < -0.39 is 5.54 Å². The van der Waals surface area contributed by atoms with Gasteiger partial charge >= 0.3 is 0 Å². The first-order valence-electron chi connectivity index (χ1n) is 6.09. The van der Waals surface area contributed by atoms with Crippen LogP contribution < -0.4 is 5.73 Å². The standard InChI is InChI=1S/C12H24N2O/c1-4-8-12(3,13)11(15)14-9-6-5-7-10(14)2/h10H,4-9,13H2,1-3H3. The van der Waals surface area contributed by atoms with Crippen molar-refractivity contribution in [2.45, 2.75) is 64.5 Å². The smallest absolute Gasteiger partial charge is 0.242 e. The maximum absolute atomic E-state index is 12.2. The van der Waals surface area contributed by atoms with Gasteiger partial charge in [-0.25, -0.2) is 0 Å². The van der Waals surface area contributed by atoms with Gasteiger partial charge in [0.1, 0.15) is 0 Å². The summed E-state index contributed by atoms with van der Waals surface area (Å²) in [6.07, 6.45) is 5.21. The molecule has 3 nitrogen and oxygen atoms in total. The van der Waals surface area contributed by atoms with E-state index in [1.807, 2.05) is 11.8 Å². The summed E-state index contributed by atoms with van der Waals surface area (Å²) in [5, 5.41) is 0. The zero-order valence-corrected chi connectivity index (χ0v) is 10.3. The predicted octanol–water partition coefficient (Wildman–Crippen LogP) is 1.90. The fourth-order valence-electron chi connectivity index (χ4n) is 2.35. The van der Waals surface area contributed by atoms with Gasteiger partial charge in [-0.05, 0) is 39.5 Å². The monoisotopic (exact) mass is 212 g/mol. The van der Waals surface area contributed by atoms with Gasteiger partial charge in [0.05, 0.1) is 5.54 Å². The molecule has 1 aliphatic heterocycles. The number of nitrogens with two attached hydrogens (primary N) is 1. The van der Waals surface area contributed by atoms with Crippen molar-refractivity contribution in [1.29, 1.82) is 0 Å². The lowest BCUT2D eigenvalue weighted by molar-refractivity contribution is -0.140. The SMILES string of the molecule is CCCC(C)(N)C(=O)N1CCCCC1C. The minimum atomic E-state index is -0.666. The highest BCUT2D eigenvalue weighted by Gasteiger charge is 2.34. The summed E-state index contributed by atoms with van der Waals surface area (Å²) in [5.41, 5.74) is 5.41. The second kappa shape index (κ2) is 4.97. The van der Waals surface area contributed by atoms with Crippen LogP contribution in [0.4, 0.5) is 0 Å². The molecule has 2 atom stereocenters. The van der Waals surface area contributed by atoms with E-state index in [1.165, 1.54) is 6.42 Å². The van der Waals surface area contributed by atoms with E-state index in [0.717, 1.165) is 32.2 Å². The molecule has 15 heavy (non-hydrogen) atoms. The van der Waals surface area contributed by atoms with Crippen molar-refractivity contribution in [3.63, 3.8) is 0 Å². The highest BCUT2D eigenvalue weighted by molar-refractivity contribution is 5.86. The highest BCUT2D eigenvalue weighted by atomic mass is 16.2. The summed E-state index contributed by atoms with van der Waals surface area (Å²) in [7, 11) is 0. The normalized spacial score (nSPS) is 26.1. The third-order valence-electron chi connectivity index (χ3n) is 3.32. The van der Waals surface area contributed by atoms with E-state index in [2.05, 4.69) is 13.8 Å². The van der Waals surface area contributed by atoms with Crippen LogP contribution in [0.5, 0.6) is 0 Å². The van der Waals surface area contributed by atoms with Crippen molar-refractivity contribution in [3.05, 3.63) is 0 Å². The Hall–Kier alpha value is -0.570. The summed E-state index contributed by atoms with van der Waals surface area (Å²) in [5.74, 6) is 0.136. The van der Waals surface area contributed by atoms with Crippen LogP contribution in [0.1, 0.15) is 52.9 Å². The van der Waals surface area contributed by atoms with Gasteiger partial charge in [0.25, 0.3) is 0 Å². The lowest BCUT2D eigenvalue weighted by Crippen LogP contribution is -2.56. The van der Waals surface area contributed by atoms with Crippen LogP contribution in [-0.4, -0.2) is 28.9 Å². The molecule has 3 heteroatoms. The number of carbonyl (C=O) groups excluding carboxylic acids is 1. The Morgan fingerprint density at radius 1 is 1.53 bits per heavy atom. The Bertz CT molecular complexity index is 226. The molecule has 1 amide bonds. The van der Waals surface area contributed by atoms with E-state index in [1.54, 1.807) is 0 Å². The van der Waals surface area contributed by atoms with Crippen molar-refractivity contribution in [3.8, 4) is 0 Å². The molecule has 0 saturated carbocycles. The Kier molecular flexibility index (Phi) is 4.14. The number of hydrogen-bond donors (Lipinski definition) is 1. The van der Waals surface area contributed by atoms with Gasteiger partial charge in [0, 0.05) is 12.6 Å². The lowest BCUT2D eigenvalue weighted by Gasteiger charge is -2.38. The molecule has 0 aliphatic carbocycles. The van der Waals surface area contributed by atoms with Crippen LogP contribution in [-0.2, 0) is 4.79 Å². The number of likely N-dealkylation sites (tertiary alicyclic amines) is 1. The van der Waals surface area contributed by atoms with Crippen LogP contribution in [0.15, 0.2) is 0 Å². The van der Waals surface area contributed by atoms with Crippen LogP contribution in [0.25, 0.3) is 0 Å². The average Bonchev–Trinajstić information content (AvgIpc) is 2.17. The first-order chi connectivity index (χ1) is 6.99. The van der Waals surface area contributed by atoms with Gasteiger partial charge in [-0.3, -0.25) is 4.79 Å². The molecule has 0 aromatic rings. The maximum atomic E-state index is 12.2. The molecular weight excluding hydrogens is 188 g/mol. The fraction of sp³-hybridized carbons (Fsp3) is 0.917. The molecule has 0 aromatic carbocycles. The molecule has 1 aliphatic rings. The minimum Gasteiger partial charge on any atom is -0.338 e. The maximum Gasteiger partial charge on any atom is 0.242 e. The predicted molar refractivity (Wildman–Crippen MR) is 62.5 cm³/mol. The number of amides is 1. The molecule has 2 N–H and O–H groups in total. The molecule has 1 fully saturated rings. The van der Waals surface area contributed by atoms with Crippen LogP contribution in [0.2, 0.25) is 0 Å². The van der Waals surface area contributed by atoms with Gasteiger partial charge in [0.2, 0.25) is 5.91 Å². The van der Waals surface area contributed by atoms with E-state index in [-0.39, 0.29) is 5.91 Å². The molecule has 0 aromatic heterocycles. The zero-order valence-electron chi connectivity index (χ0n) is 10.3. The van der Waals surface area contributed by atoms with Crippen molar-refractivity contribution < 1.29 is 4.79 Å². The highest BCUT2D eigenvalue weighted by Crippen LogP contribution is 2.21. The average molecular weight is 212 g/mol. The van der Waals surface area contributed by atoms with Gasteiger partial charge in [-0.15, -0.1) is 0 Å². The summed E-state index contributed by atoms with van der Waals surface area (Å²) in [6.45, 7) is 6.94. The summed E-state index contributed by atoms with van der Waals surface area (Å²) < 4.78 is 0. The Morgan fingerprint density at radius 2 is 2.20 bits per heavy atom. The number of nitrogens with zero attached hydrogens (tertiary/aromatic N) is 1. The molecule has 1 saturated heterocycles. The lowest BCUT2D eigenvalue weighted by atomic mass is 9.93. The fourth-order valence-corrected chi connectivity index (χ4v) is 2.35. The van der Waals surface area contributed by atoms with Gasteiger partial charge in [-0.2, -0.15) is 0 Å². The molecule has 1 heterocycles. The molecular formula is C12H24N2O. The van der Waals surface area contributed by atoms with E-state index in [9.17, 15) is 4.79 Å². The van der Waals surface area contributed by atoms with Crippen LogP contribution in [0, 0.1) is 0 Å². The Morgan fingerprint density at radius 3 is 2.73 bits per heavy atom. The molecule has 0 radical (unpaired) electrons. The zero-order chi connectivity index (χ0) is 11.5. The molecule has 2 unspecified atom stereocenters. The van der Waals surface area contributed by atoms with E-state index >= 15 is 0 Å². The van der Waals surface area contributed by atoms with E-state index in [0.29, 0.717) is 6.04 Å². The third kappa shape index (κ3) is 2.94. The first-order valence-corrected chi connectivity index (χ1v) is 6.09. The molecule has 0 spiro atoms. The quantitative estimate of drug-likeness (QED) is 0.776. The van der Waals surface area contributed by atoms with Crippen molar-refractivity contribution in [1.82, 2.24) is 4.90 Å². The molecule has 1 rings (SSSR count). The van der Waals surface area contributed by atoms with E-state index in [4.69, 9.17) is 5.73 Å². The van der Waals surface area contributed by atoms with Crippen molar-refractivity contribution in [2.24, 2.45) is 5.73 Å². The minimum absolute atomic E-state index is 0.136. The van der Waals surface area contributed by atoms with Gasteiger partial charge < -0.3 is 10.6 Å². The molecule has 0 bridgehead atoms. The number of rotatable bonds is 3. The van der Waals surface area contributed by atoms with Crippen molar-refractivity contribution in [2.75, 3.05) is 6.54 Å². The van der Waals surface area contributed by atoms with Crippen LogP contribution in [0.3, 0.4) is 0 Å². The summed E-state index contributed by atoms with van der Waals surface area (Å²) in [6, 6.07) is 0.367. The van der Waals surface area contributed by atoms with Gasteiger partial charge in [-0.1, -0.05) is 13.3 Å². The third-order valence-corrected chi connectivity index (χ3v) is 3.32. The molecule has 88 valence electrons. The number of carbonyl (C=O) groups is 1. The number of piperidine rings is 1. The Labute approximate surface area is 93.0 Å². The first kappa shape index (κ1) is 12.5. The second-order valence-corrected chi connectivity index (χ2v) is 5.01. The topological polar surface area (TPSA) is 46.3 Å². The second-order valence-electron chi connectivity index (χ2n) is 5.01.